The van der Waals surface area contributed by atoms with Gasteiger partial charge in [-0.15, -0.1) is 0 Å². The van der Waals surface area contributed by atoms with Crippen LogP contribution in [0.1, 0.15) is 0 Å². The molecule has 0 unspecified atom stereocenters. The Hall–Kier alpha value is -4.46. The second-order valence-corrected chi connectivity index (χ2v) is 13.2. The molecule has 0 aliphatic heterocycles. The summed E-state index contributed by atoms with van der Waals surface area (Å²) in [5.41, 5.74) is 4.96. The summed E-state index contributed by atoms with van der Waals surface area (Å²) in [6, 6.07) is 62.1. The molecule has 6 rings (SSSR count). The predicted molar refractivity (Wildman–Crippen MR) is 161 cm³/mol. The normalized spacial score (nSPS) is 11.2. The van der Waals surface area contributed by atoms with E-state index in [1.807, 2.05) is 0 Å². The summed E-state index contributed by atoms with van der Waals surface area (Å²) in [5, 5.41) is 5.56. The fourth-order valence-electron chi connectivity index (χ4n) is 5.51. The first kappa shape index (κ1) is 23.0. The van der Waals surface area contributed by atoms with Gasteiger partial charge in [-0.3, -0.25) is 0 Å². The molecular formula is C36H28Si-. The molecule has 0 amide bonds. The molecule has 6 aromatic carbocycles. The lowest BCUT2D eigenvalue weighted by molar-refractivity contribution is 1.59. The highest BCUT2D eigenvalue weighted by molar-refractivity contribution is 7.19. The number of rotatable bonds is 6. The molecular weight excluding hydrogens is 460 g/mol. The highest BCUT2D eigenvalue weighted by Crippen LogP contribution is 2.26. The summed E-state index contributed by atoms with van der Waals surface area (Å²) >= 11 is 0. The Morgan fingerprint density at radius 1 is 0.243 bits per heavy atom. The predicted octanol–water partition coefficient (Wildman–Crippen LogP) is 6.40. The Morgan fingerprint density at radius 2 is 0.568 bits per heavy atom. The average molecular weight is 489 g/mol. The molecule has 0 aliphatic carbocycles. The Labute approximate surface area is 220 Å². The first-order valence-corrected chi connectivity index (χ1v) is 14.8. The quantitative estimate of drug-likeness (QED) is 0.188. The third-order valence-corrected chi connectivity index (χ3v) is 12.0. The van der Waals surface area contributed by atoms with Crippen LogP contribution >= 0.6 is 0 Å². The van der Waals surface area contributed by atoms with Gasteiger partial charge in [0.15, 0.2) is 0 Å². The van der Waals surface area contributed by atoms with Crippen molar-refractivity contribution >= 4 is 28.8 Å². The van der Waals surface area contributed by atoms with E-state index in [4.69, 9.17) is 0 Å². The molecule has 0 heterocycles. The second kappa shape index (κ2) is 10.3. The average Bonchev–Trinajstić information content (AvgIpc) is 3.00. The van der Waals surface area contributed by atoms with Crippen LogP contribution in [0.25, 0.3) is 22.3 Å². The molecule has 1 heteroatoms. The van der Waals surface area contributed by atoms with Gasteiger partial charge >= 0.3 is 0 Å². The minimum Gasteiger partial charge on any atom is -0.171 e. The van der Waals surface area contributed by atoms with Crippen molar-refractivity contribution < 1.29 is 0 Å². The highest BCUT2D eigenvalue weighted by atomic mass is 28.3. The molecule has 0 radical (unpaired) electrons. The molecule has 0 bridgehead atoms. The van der Waals surface area contributed by atoms with Crippen LogP contribution in [0.2, 0.25) is 0 Å². The first-order valence-electron chi connectivity index (χ1n) is 12.8. The van der Waals surface area contributed by atoms with Gasteiger partial charge in [-0.2, -0.15) is 20.7 Å². The van der Waals surface area contributed by atoms with Crippen molar-refractivity contribution in [1.29, 1.82) is 0 Å². The molecule has 0 atom stereocenters. The van der Waals surface area contributed by atoms with Gasteiger partial charge in [-0.05, 0) is 36.4 Å². The van der Waals surface area contributed by atoms with Crippen LogP contribution in [0.5, 0.6) is 0 Å². The standard InChI is InChI=1S/C36H28Si/c1-5-15-29(16-6-1)30-17-13-18-31(27-30)32-19-14-26-36(28-32)37(33-20-7-2-8-21-33,34-22-9-3-10-23-34)35-24-11-4-12-25-35/h1-28H/q-1. The minimum atomic E-state index is -2.54. The first-order chi connectivity index (χ1) is 18.4. The van der Waals surface area contributed by atoms with Crippen LogP contribution in [0.15, 0.2) is 170 Å². The smallest absolute Gasteiger partial charge is 0.0178 e. The summed E-state index contributed by atoms with van der Waals surface area (Å²) in [5.74, 6) is 0. The second-order valence-electron chi connectivity index (χ2n) is 9.38. The van der Waals surface area contributed by atoms with E-state index in [0.29, 0.717) is 0 Å². The van der Waals surface area contributed by atoms with Gasteiger partial charge in [0.05, 0.1) is 0 Å². The fourth-order valence-corrected chi connectivity index (χ4v) is 10.3. The van der Waals surface area contributed by atoms with Crippen LogP contribution in [-0.4, -0.2) is 8.07 Å². The molecule has 0 saturated carbocycles. The van der Waals surface area contributed by atoms with Crippen molar-refractivity contribution in [3.05, 3.63) is 170 Å². The van der Waals surface area contributed by atoms with E-state index >= 15 is 0 Å². The Balaban J connectivity index is 1.59. The highest BCUT2D eigenvalue weighted by Gasteiger charge is 2.28. The molecule has 0 nitrogen and oxygen atoms in total. The van der Waals surface area contributed by atoms with Crippen LogP contribution in [-0.2, 0) is 0 Å². The largest absolute Gasteiger partial charge is 0.171 e. The van der Waals surface area contributed by atoms with E-state index in [0.717, 1.165) is 0 Å². The molecule has 0 saturated heterocycles. The van der Waals surface area contributed by atoms with Gasteiger partial charge in [0.2, 0.25) is 0 Å². The number of hydrogen-bond acceptors (Lipinski definition) is 0. The van der Waals surface area contributed by atoms with Crippen molar-refractivity contribution in [1.82, 2.24) is 0 Å². The maximum atomic E-state index is 2.43. The Kier molecular flexibility index (Phi) is 6.37. The topological polar surface area (TPSA) is 0 Å². The van der Waals surface area contributed by atoms with Gasteiger partial charge < -0.3 is 0 Å². The van der Waals surface area contributed by atoms with Crippen LogP contribution in [0, 0.1) is 0 Å². The van der Waals surface area contributed by atoms with E-state index in [1.54, 1.807) is 0 Å². The van der Waals surface area contributed by atoms with Crippen LogP contribution in [0.4, 0.5) is 0 Å². The van der Waals surface area contributed by atoms with Gasteiger partial charge in [0, 0.05) is 0 Å². The van der Waals surface area contributed by atoms with Crippen LogP contribution < -0.4 is 20.7 Å². The third-order valence-electron chi connectivity index (χ3n) is 7.22. The molecule has 177 valence electrons. The molecule has 6 aromatic rings. The third kappa shape index (κ3) is 4.35. The number of benzene rings is 6. The van der Waals surface area contributed by atoms with Gasteiger partial charge in [-0.25, -0.2) is 0 Å². The van der Waals surface area contributed by atoms with E-state index in [2.05, 4.69) is 170 Å². The molecule has 0 N–H and O–H groups in total. The monoisotopic (exact) mass is 488 g/mol. The van der Waals surface area contributed by atoms with Gasteiger partial charge in [0.1, 0.15) is 0 Å². The SMILES string of the molecule is c1ccc(-c2cccc(-c3cccc([Si-](c4ccccc4)(c4ccccc4)c4ccccc4)c3)c2)cc1. The van der Waals surface area contributed by atoms with E-state index in [-0.39, 0.29) is 0 Å². The zero-order valence-corrected chi connectivity index (χ0v) is 21.7. The number of hydrogen-bond donors (Lipinski definition) is 0. The Bertz CT molecular complexity index is 1490. The lowest BCUT2D eigenvalue weighted by Gasteiger charge is -2.47. The van der Waals surface area contributed by atoms with Gasteiger partial charge in [-0.1, -0.05) is 164 Å². The van der Waals surface area contributed by atoms with Crippen molar-refractivity contribution in [2.75, 3.05) is 0 Å². The molecule has 0 aromatic heterocycles. The molecule has 0 fully saturated rings. The maximum absolute atomic E-state index is 2.54. The van der Waals surface area contributed by atoms with Crippen LogP contribution in [0.3, 0.4) is 0 Å². The summed E-state index contributed by atoms with van der Waals surface area (Å²) in [6.45, 7) is 0. The molecule has 0 aliphatic rings. The summed E-state index contributed by atoms with van der Waals surface area (Å²) in [6.07, 6.45) is 0. The van der Waals surface area contributed by atoms with E-state index < -0.39 is 8.07 Å². The molecule has 37 heavy (non-hydrogen) atoms. The van der Waals surface area contributed by atoms with E-state index in [9.17, 15) is 0 Å². The minimum absolute atomic E-state index is 1.24. The van der Waals surface area contributed by atoms with Crippen molar-refractivity contribution in [2.24, 2.45) is 0 Å². The fraction of sp³-hybridized carbons (Fsp3) is 0. The summed E-state index contributed by atoms with van der Waals surface area (Å²) in [7, 11) is -2.54. The lowest BCUT2D eigenvalue weighted by atomic mass is 9.99. The summed E-state index contributed by atoms with van der Waals surface area (Å²) < 4.78 is 0. The van der Waals surface area contributed by atoms with Crippen molar-refractivity contribution in [2.45, 2.75) is 0 Å². The van der Waals surface area contributed by atoms with Crippen molar-refractivity contribution in [3.63, 3.8) is 0 Å². The maximum Gasteiger partial charge on any atom is -0.0178 e. The zero-order valence-electron chi connectivity index (χ0n) is 20.7. The zero-order chi connectivity index (χ0) is 24.9. The van der Waals surface area contributed by atoms with Gasteiger partial charge in [0.25, 0.3) is 0 Å². The molecule has 0 spiro atoms. The van der Waals surface area contributed by atoms with E-state index in [1.165, 1.54) is 43.0 Å². The summed E-state index contributed by atoms with van der Waals surface area (Å²) in [4.78, 5) is 0. The van der Waals surface area contributed by atoms with Crippen molar-refractivity contribution in [3.8, 4) is 22.3 Å². The Morgan fingerprint density at radius 3 is 1.05 bits per heavy atom. The lowest BCUT2D eigenvalue weighted by Crippen LogP contribution is -2.74.